The van der Waals surface area contributed by atoms with Crippen LogP contribution >= 0.6 is 34.0 Å². The molecular formula is C46H35N3S3. The van der Waals surface area contributed by atoms with Crippen LogP contribution in [0.5, 0.6) is 0 Å². The molecule has 1 saturated heterocycles. The molecule has 0 amide bonds. The van der Waals surface area contributed by atoms with Crippen LogP contribution in [-0.4, -0.2) is 0 Å². The van der Waals surface area contributed by atoms with E-state index in [0.717, 1.165) is 6.42 Å². The molecule has 252 valence electrons. The van der Waals surface area contributed by atoms with Gasteiger partial charge >= 0.3 is 0 Å². The van der Waals surface area contributed by atoms with Crippen molar-refractivity contribution in [1.29, 1.82) is 0 Å². The zero-order valence-electron chi connectivity index (χ0n) is 28.5. The fraction of sp³-hybridized carbons (Fsp3) is 0.130. The molecule has 6 heteroatoms. The minimum absolute atomic E-state index is 0.0147. The summed E-state index contributed by atoms with van der Waals surface area (Å²) in [5.74, 6) is 0.493. The van der Waals surface area contributed by atoms with Gasteiger partial charge in [-0.25, -0.2) is 0 Å². The van der Waals surface area contributed by atoms with E-state index in [9.17, 15) is 0 Å². The summed E-state index contributed by atoms with van der Waals surface area (Å²) in [5.41, 5.74) is 7.92. The third-order valence-corrected chi connectivity index (χ3v) is 14.8. The highest BCUT2D eigenvalue weighted by Crippen LogP contribution is 2.49. The number of benzene rings is 6. The Morgan fingerprint density at radius 2 is 1.06 bits per heavy atom. The van der Waals surface area contributed by atoms with Gasteiger partial charge in [0.2, 0.25) is 0 Å². The van der Waals surface area contributed by atoms with Crippen molar-refractivity contribution >= 4 is 90.0 Å². The number of hydrogen-bond acceptors (Lipinski definition) is 6. The van der Waals surface area contributed by atoms with Gasteiger partial charge in [0.1, 0.15) is 0 Å². The van der Waals surface area contributed by atoms with Crippen molar-refractivity contribution < 1.29 is 0 Å². The predicted molar refractivity (Wildman–Crippen MR) is 225 cm³/mol. The van der Waals surface area contributed by atoms with Crippen LogP contribution in [0.25, 0.3) is 56.0 Å². The van der Waals surface area contributed by atoms with E-state index in [0.29, 0.717) is 5.92 Å². The van der Waals surface area contributed by atoms with Gasteiger partial charge in [0, 0.05) is 60.9 Å². The average molecular weight is 726 g/mol. The second-order valence-corrected chi connectivity index (χ2v) is 17.4. The summed E-state index contributed by atoms with van der Waals surface area (Å²) in [6.45, 7) is 2.39. The molecule has 52 heavy (non-hydrogen) atoms. The summed E-state index contributed by atoms with van der Waals surface area (Å²) in [6.07, 6.45) is 3.47. The lowest BCUT2D eigenvalue weighted by Crippen LogP contribution is -2.54. The van der Waals surface area contributed by atoms with Crippen LogP contribution in [0.3, 0.4) is 0 Å². The number of fused-ring (bicyclic) bond motifs is 9. The summed E-state index contributed by atoms with van der Waals surface area (Å²) in [4.78, 5) is 1.51. The molecule has 3 aromatic heterocycles. The average Bonchev–Trinajstić information content (AvgIpc) is 3.90. The van der Waals surface area contributed by atoms with Gasteiger partial charge in [-0.2, -0.15) is 0 Å². The largest absolute Gasteiger partial charge is 0.279 e. The third-order valence-electron chi connectivity index (χ3n) is 11.0. The summed E-state index contributed by atoms with van der Waals surface area (Å²) >= 11 is 5.79. The fourth-order valence-electron chi connectivity index (χ4n) is 8.43. The lowest BCUT2D eigenvalue weighted by molar-refractivity contribution is 0.203. The Hall–Kier alpha value is -4.66. The van der Waals surface area contributed by atoms with Crippen LogP contribution in [0.4, 0.5) is 0 Å². The molecule has 0 bridgehead atoms. The van der Waals surface area contributed by atoms with Gasteiger partial charge in [0.05, 0.1) is 18.5 Å². The first-order valence-electron chi connectivity index (χ1n) is 18.1. The summed E-state index contributed by atoms with van der Waals surface area (Å²) < 4.78 is 6.76. The second-order valence-electron chi connectivity index (χ2n) is 14.2. The molecule has 11 rings (SSSR count). The number of nitrogens with one attached hydrogen (secondary N) is 3. The number of thiophene rings is 3. The molecule has 9 aromatic rings. The Balaban J connectivity index is 0.992. The lowest BCUT2D eigenvalue weighted by atomic mass is 9.85. The van der Waals surface area contributed by atoms with E-state index in [-0.39, 0.29) is 18.5 Å². The maximum absolute atomic E-state index is 3.96. The van der Waals surface area contributed by atoms with Gasteiger partial charge < -0.3 is 0 Å². The second kappa shape index (κ2) is 12.2. The van der Waals surface area contributed by atoms with Crippen molar-refractivity contribution in [3.63, 3.8) is 0 Å². The minimum atomic E-state index is -0.0437. The molecule has 6 aromatic carbocycles. The van der Waals surface area contributed by atoms with Gasteiger partial charge in [-0.1, -0.05) is 122 Å². The number of rotatable bonds is 4. The molecule has 0 saturated carbocycles. The van der Waals surface area contributed by atoms with Crippen LogP contribution in [0, 0.1) is 0 Å². The van der Waals surface area contributed by atoms with Crippen molar-refractivity contribution in [2.24, 2.45) is 0 Å². The smallest absolute Gasteiger partial charge is 0.0865 e. The number of allylic oxidation sites excluding steroid dienone is 1. The quantitative estimate of drug-likeness (QED) is 0.169. The van der Waals surface area contributed by atoms with Crippen molar-refractivity contribution in [3.05, 3.63) is 172 Å². The zero-order chi connectivity index (χ0) is 34.3. The first kappa shape index (κ1) is 30.9. The molecular weight excluding hydrogens is 691 g/mol. The van der Waals surface area contributed by atoms with Crippen molar-refractivity contribution in [2.75, 3.05) is 0 Å². The molecule has 4 heterocycles. The Morgan fingerprint density at radius 1 is 0.481 bits per heavy atom. The highest BCUT2D eigenvalue weighted by molar-refractivity contribution is 7.26. The maximum atomic E-state index is 3.96. The van der Waals surface area contributed by atoms with Gasteiger partial charge in [-0.05, 0) is 64.4 Å². The minimum Gasteiger partial charge on any atom is -0.279 e. The zero-order valence-corrected chi connectivity index (χ0v) is 31.0. The van der Waals surface area contributed by atoms with Gasteiger partial charge in [0.25, 0.3) is 0 Å². The molecule has 4 unspecified atom stereocenters. The van der Waals surface area contributed by atoms with Gasteiger partial charge in [-0.15, -0.1) is 34.0 Å². The van der Waals surface area contributed by atoms with Crippen LogP contribution in [-0.2, 0) is 0 Å². The van der Waals surface area contributed by atoms with Crippen LogP contribution < -0.4 is 16.0 Å². The van der Waals surface area contributed by atoms with E-state index in [2.05, 4.69) is 162 Å². The first-order chi connectivity index (χ1) is 25.7. The van der Waals surface area contributed by atoms with Gasteiger partial charge in [0.15, 0.2) is 0 Å². The van der Waals surface area contributed by atoms with E-state index in [1.165, 1.54) is 88.7 Å². The van der Waals surface area contributed by atoms with Crippen LogP contribution in [0.2, 0.25) is 0 Å². The molecule has 0 radical (unpaired) electrons. The van der Waals surface area contributed by atoms with Crippen LogP contribution in [0.15, 0.2) is 140 Å². The fourth-order valence-corrected chi connectivity index (χ4v) is 12.1. The van der Waals surface area contributed by atoms with E-state index in [1.807, 2.05) is 34.0 Å². The van der Waals surface area contributed by atoms with E-state index >= 15 is 0 Å². The van der Waals surface area contributed by atoms with E-state index < -0.39 is 0 Å². The van der Waals surface area contributed by atoms with Crippen molar-refractivity contribution in [2.45, 2.75) is 37.8 Å². The molecule has 2 aliphatic rings. The Morgan fingerprint density at radius 3 is 1.81 bits per heavy atom. The molecule has 0 spiro atoms. The Bertz CT molecular complexity index is 2860. The monoisotopic (exact) mass is 725 g/mol. The molecule has 3 N–H and O–H groups in total. The maximum Gasteiger partial charge on any atom is 0.0865 e. The summed E-state index contributed by atoms with van der Waals surface area (Å²) in [6, 6.07) is 49.3. The molecule has 1 fully saturated rings. The standard InChI is InChI=1S/C46H35N3S3/c1-26-18-21-33(35-15-9-14-34-31-13-6-8-17-38(31)51-43(34)35)41-36-23-20-29(25-40(36)52-42(26)41)46-48-44(27-10-3-2-4-11-27)47-45(49-46)28-19-22-32-30-12-5-7-16-37(30)50-39(32)24-28/h2-17,19-26,44-49H,18H2,1H3. The normalized spacial score (nSPS) is 20.6. The van der Waals surface area contributed by atoms with Crippen LogP contribution in [0.1, 0.15) is 70.5 Å². The highest BCUT2D eigenvalue weighted by Gasteiger charge is 2.31. The first-order valence-corrected chi connectivity index (χ1v) is 20.5. The topological polar surface area (TPSA) is 36.1 Å². The molecule has 1 aliphatic carbocycles. The molecule has 1 aliphatic heterocycles. The Kier molecular flexibility index (Phi) is 7.26. The highest BCUT2D eigenvalue weighted by atomic mass is 32.1. The van der Waals surface area contributed by atoms with Crippen molar-refractivity contribution in [1.82, 2.24) is 16.0 Å². The third kappa shape index (κ3) is 4.94. The number of hydrogen-bond donors (Lipinski definition) is 3. The Labute approximate surface area is 314 Å². The van der Waals surface area contributed by atoms with Gasteiger partial charge in [-0.3, -0.25) is 16.0 Å². The summed E-state index contributed by atoms with van der Waals surface area (Å²) in [7, 11) is 0. The lowest BCUT2D eigenvalue weighted by Gasteiger charge is -2.39. The predicted octanol–water partition coefficient (Wildman–Crippen LogP) is 12.8. The summed E-state index contributed by atoms with van der Waals surface area (Å²) in [5, 5.41) is 18.5. The molecule has 3 nitrogen and oxygen atoms in total. The van der Waals surface area contributed by atoms with Crippen molar-refractivity contribution in [3.8, 4) is 0 Å². The molecule has 4 atom stereocenters. The van der Waals surface area contributed by atoms with E-state index in [4.69, 9.17) is 0 Å². The van der Waals surface area contributed by atoms with E-state index in [1.54, 1.807) is 0 Å². The SMILES string of the molecule is CC1CC=C(c2cccc3c2sc2ccccc23)c2c1sc1cc(C3NC(c4ccccc4)NC(c4ccc5c(c4)sc4ccccc45)N3)ccc21.